The zero-order valence-corrected chi connectivity index (χ0v) is 18.8. The second kappa shape index (κ2) is 8.37. The summed E-state index contributed by atoms with van der Waals surface area (Å²) in [6.07, 6.45) is 11.7. The highest BCUT2D eigenvalue weighted by molar-refractivity contribution is 5.98. The predicted molar refractivity (Wildman–Crippen MR) is 131 cm³/mol. The number of aromatic nitrogens is 5. The van der Waals surface area contributed by atoms with Gasteiger partial charge in [0, 0.05) is 47.3 Å². The molecule has 6 heteroatoms. The van der Waals surface area contributed by atoms with Gasteiger partial charge in [-0.15, -0.1) is 0 Å². The van der Waals surface area contributed by atoms with Gasteiger partial charge in [0.25, 0.3) is 0 Å². The SMILES string of the molecule is Cc1ccc2c(-c3cnn4cc(-c5ccc(CN6CCCCC6)cn5)cnc34)cccc2n1. The number of likely N-dealkylation sites (tertiary alicyclic amines) is 1. The van der Waals surface area contributed by atoms with Crippen molar-refractivity contribution in [1.82, 2.24) is 29.5 Å². The molecule has 0 saturated carbocycles. The molecule has 0 radical (unpaired) electrons. The molecule has 0 amide bonds. The minimum absolute atomic E-state index is 0.827. The maximum atomic E-state index is 4.77. The molecular formula is C27H26N6. The number of pyridine rings is 2. The van der Waals surface area contributed by atoms with Gasteiger partial charge in [-0.3, -0.25) is 14.9 Å². The first-order chi connectivity index (χ1) is 16.2. The molecule has 6 rings (SSSR count). The fourth-order valence-corrected chi connectivity index (χ4v) is 4.75. The molecule has 4 aromatic heterocycles. The molecule has 1 aliphatic rings. The summed E-state index contributed by atoms with van der Waals surface area (Å²) in [5.74, 6) is 0. The molecule has 0 bridgehead atoms. The second-order valence-electron chi connectivity index (χ2n) is 8.88. The van der Waals surface area contributed by atoms with Crippen LogP contribution >= 0.6 is 0 Å². The van der Waals surface area contributed by atoms with Gasteiger partial charge in [-0.1, -0.05) is 30.7 Å². The largest absolute Gasteiger partial charge is 0.299 e. The standard InChI is InChI=1S/C27H26N6/c1-19-8-10-23-22(6-5-7-26(23)31-19)24-16-30-33-18-21(15-29-27(24)33)25-11-9-20(14-28-25)17-32-12-3-2-4-13-32/h5-11,14-16,18H,2-4,12-13,17H2,1H3. The first-order valence-corrected chi connectivity index (χ1v) is 11.6. The van der Waals surface area contributed by atoms with Crippen LogP contribution < -0.4 is 0 Å². The van der Waals surface area contributed by atoms with Crippen LogP contribution in [0.15, 0.2) is 67.3 Å². The normalized spacial score (nSPS) is 14.8. The Morgan fingerprint density at radius 2 is 1.76 bits per heavy atom. The topological polar surface area (TPSA) is 59.2 Å². The highest BCUT2D eigenvalue weighted by Crippen LogP contribution is 2.31. The fraction of sp³-hybridized carbons (Fsp3) is 0.259. The zero-order valence-electron chi connectivity index (χ0n) is 18.8. The van der Waals surface area contributed by atoms with Crippen molar-refractivity contribution in [2.45, 2.75) is 32.7 Å². The summed E-state index contributed by atoms with van der Waals surface area (Å²) in [5, 5.41) is 5.71. The maximum absolute atomic E-state index is 4.77. The Bertz CT molecular complexity index is 1430. The van der Waals surface area contributed by atoms with Crippen molar-refractivity contribution in [2.75, 3.05) is 13.1 Å². The van der Waals surface area contributed by atoms with Gasteiger partial charge in [-0.2, -0.15) is 5.10 Å². The summed E-state index contributed by atoms with van der Waals surface area (Å²) < 4.78 is 1.84. The van der Waals surface area contributed by atoms with E-state index >= 15 is 0 Å². The van der Waals surface area contributed by atoms with E-state index in [2.05, 4.69) is 39.2 Å². The number of hydrogen-bond acceptors (Lipinski definition) is 5. The van der Waals surface area contributed by atoms with Crippen LogP contribution in [-0.4, -0.2) is 42.6 Å². The van der Waals surface area contributed by atoms with E-state index in [1.54, 1.807) is 0 Å². The number of benzene rings is 1. The van der Waals surface area contributed by atoms with Crippen LogP contribution in [0.3, 0.4) is 0 Å². The van der Waals surface area contributed by atoms with Crippen molar-refractivity contribution in [3.63, 3.8) is 0 Å². The molecule has 1 aromatic carbocycles. The summed E-state index contributed by atoms with van der Waals surface area (Å²) in [5.41, 5.74) is 8.04. The zero-order chi connectivity index (χ0) is 22.2. The molecule has 1 saturated heterocycles. The molecule has 0 aliphatic carbocycles. The lowest BCUT2D eigenvalue weighted by atomic mass is 10.0. The van der Waals surface area contributed by atoms with E-state index in [1.807, 2.05) is 54.4 Å². The Hall–Kier alpha value is -3.64. The molecule has 6 nitrogen and oxygen atoms in total. The van der Waals surface area contributed by atoms with E-state index in [4.69, 9.17) is 9.97 Å². The smallest absolute Gasteiger partial charge is 0.162 e. The van der Waals surface area contributed by atoms with E-state index in [9.17, 15) is 0 Å². The molecule has 0 spiro atoms. The van der Waals surface area contributed by atoms with Crippen LogP contribution in [0, 0.1) is 6.92 Å². The predicted octanol–water partition coefficient (Wildman–Crippen LogP) is 5.30. The Morgan fingerprint density at radius 3 is 2.61 bits per heavy atom. The number of hydrogen-bond donors (Lipinski definition) is 0. The van der Waals surface area contributed by atoms with Crippen LogP contribution in [0.1, 0.15) is 30.5 Å². The van der Waals surface area contributed by atoms with Crippen LogP contribution in [0.4, 0.5) is 0 Å². The summed E-state index contributed by atoms with van der Waals surface area (Å²) >= 11 is 0. The maximum Gasteiger partial charge on any atom is 0.162 e. The molecule has 0 atom stereocenters. The molecule has 33 heavy (non-hydrogen) atoms. The lowest BCUT2D eigenvalue weighted by Gasteiger charge is -2.26. The van der Waals surface area contributed by atoms with Crippen LogP contribution in [0.25, 0.3) is 38.9 Å². The molecular weight excluding hydrogens is 408 g/mol. The summed E-state index contributed by atoms with van der Waals surface area (Å²) in [6, 6.07) is 14.6. The van der Waals surface area contributed by atoms with E-state index in [-0.39, 0.29) is 0 Å². The van der Waals surface area contributed by atoms with E-state index in [1.165, 1.54) is 37.9 Å². The van der Waals surface area contributed by atoms with E-state index in [0.717, 1.165) is 51.2 Å². The Kier molecular flexibility index (Phi) is 5.07. The highest BCUT2D eigenvalue weighted by Gasteiger charge is 2.14. The van der Waals surface area contributed by atoms with Crippen molar-refractivity contribution in [3.8, 4) is 22.4 Å². The average molecular weight is 435 g/mol. The van der Waals surface area contributed by atoms with Gasteiger partial charge in [0.15, 0.2) is 5.65 Å². The first kappa shape index (κ1) is 20.0. The van der Waals surface area contributed by atoms with Crippen molar-refractivity contribution >= 4 is 16.6 Å². The highest BCUT2D eigenvalue weighted by atomic mass is 15.2. The van der Waals surface area contributed by atoms with Gasteiger partial charge in [-0.05, 0) is 62.2 Å². The molecule has 0 N–H and O–H groups in total. The molecule has 5 aromatic rings. The van der Waals surface area contributed by atoms with Gasteiger partial charge in [0.05, 0.1) is 17.4 Å². The van der Waals surface area contributed by atoms with Crippen LogP contribution in [0.5, 0.6) is 0 Å². The van der Waals surface area contributed by atoms with Gasteiger partial charge in [0.2, 0.25) is 0 Å². The van der Waals surface area contributed by atoms with Crippen molar-refractivity contribution in [2.24, 2.45) is 0 Å². The number of rotatable bonds is 4. The quantitative estimate of drug-likeness (QED) is 0.384. The van der Waals surface area contributed by atoms with Gasteiger partial charge < -0.3 is 0 Å². The fourth-order valence-electron chi connectivity index (χ4n) is 4.75. The average Bonchev–Trinajstić information content (AvgIpc) is 3.28. The third kappa shape index (κ3) is 3.87. The number of nitrogens with zero attached hydrogens (tertiary/aromatic N) is 6. The third-order valence-corrected chi connectivity index (χ3v) is 6.49. The van der Waals surface area contributed by atoms with Crippen molar-refractivity contribution in [1.29, 1.82) is 0 Å². The molecule has 1 fully saturated rings. The third-order valence-electron chi connectivity index (χ3n) is 6.49. The Morgan fingerprint density at radius 1 is 0.848 bits per heavy atom. The molecule has 5 heterocycles. The first-order valence-electron chi connectivity index (χ1n) is 11.6. The second-order valence-corrected chi connectivity index (χ2v) is 8.88. The van der Waals surface area contributed by atoms with Crippen molar-refractivity contribution < 1.29 is 0 Å². The number of aryl methyl sites for hydroxylation is 1. The Balaban J connectivity index is 1.30. The lowest BCUT2D eigenvalue weighted by molar-refractivity contribution is 0.220. The number of fused-ring (bicyclic) bond motifs is 2. The lowest BCUT2D eigenvalue weighted by Crippen LogP contribution is -2.29. The molecule has 0 unspecified atom stereocenters. The summed E-state index contributed by atoms with van der Waals surface area (Å²) in [7, 11) is 0. The van der Waals surface area contributed by atoms with Gasteiger partial charge in [-0.25, -0.2) is 9.50 Å². The van der Waals surface area contributed by atoms with Crippen LogP contribution in [0.2, 0.25) is 0 Å². The monoisotopic (exact) mass is 434 g/mol. The van der Waals surface area contributed by atoms with Gasteiger partial charge >= 0.3 is 0 Å². The molecule has 1 aliphatic heterocycles. The minimum Gasteiger partial charge on any atom is -0.299 e. The molecule has 164 valence electrons. The van der Waals surface area contributed by atoms with Gasteiger partial charge in [0.1, 0.15) is 0 Å². The van der Waals surface area contributed by atoms with E-state index < -0.39 is 0 Å². The van der Waals surface area contributed by atoms with E-state index in [0.29, 0.717) is 0 Å². The minimum atomic E-state index is 0.827. The van der Waals surface area contributed by atoms with Crippen molar-refractivity contribution in [3.05, 3.63) is 78.5 Å². The Labute approximate surface area is 193 Å². The summed E-state index contributed by atoms with van der Waals surface area (Å²) in [4.78, 5) is 16.7. The van der Waals surface area contributed by atoms with Crippen LogP contribution in [-0.2, 0) is 6.54 Å². The summed E-state index contributed by atoms with van der Waals surface area (Å²) in [6.45, 7) is 5.37. The number of piperidine rings is 1.